The van der Waals surface area contributed by atoms with Crippen LogP contribution in [0, 0.1) is 13.8 Å². The van der Waals surface area contributed by atoms with Crippen LogP contribution in [-0.4, -0.2) is 41.5 Å². The predicted octanol–water partition coefficient (Wildman–Crippen LogP) is 2.08. The molecule has 2 rings (SSSR count). The maximum absolute atomic E-state index is 12.3. The van der Waals surface area contributed by atoms with Crippen LogP contribution in [0.5, 0.6) is 0 Å². The van der Waals surface area contributed by atoms with Crippen LogP contribution >= 0.6 is 0 Å². The maximum Gasteiger partial charge on any atom is 0.251 e. The fourth-order valence-corrected chi connectivity index (χ4v) is 3.46. The highest BCUT2D eigenvalue weighted by atomic mass is 32.2. The third kappa shape index (κ3) is 5.06. The summed E-state index contributed by atoms with van der Waals surface area (Å²) in [4.78, 5) is 14.3. The van der Waals surface area contributed by atoms with E-state index in [4.69, 9.17) is 0 Å². The Hall–Kier alpha value is -2.38. The first-order valence-corrected chi connectivity index (χ1v) is 9.81. The van der Waals surface area contributed by atoms with E-state index in [0.717, 1.165) is 16.8 Å². The molecule has 0 unspecified atom stereocenters. The van der Waals surface area contributed by atoms with Crippen LogP contribution < -0.4 is 14.9 Å². The van der Waals surface area contributed by atoms with Crippen LogP contribution in [0.4, 0.5) is 5.69 Å². The number of anilines is 1. The lowest BCUT2D eigenvalue weighted by molar-refractivity contribution is 0.0954. The Bertz CT molecular complexity index is 875. The topological polar surface area (TPSA) is 78.5 Å². The molecular formula is C19H25N3O3S. The summed E-state index contributed by atoms with van der Waals surface area (Å²) in [6.07, 6.45) is 0. The van der Waals surface area contributed by atoms with Crippen molar-refractivity contribution < 1.29 is 13.2 Å². The van der Waals surface area contributed by atoms with Gasteiger partial charge in [0.05, 0.1) is 4.90 Å². The number of sulfonamides is 1. The van der Waals surface area contributed by atoms with E-state index in [0.29, 0.717) is 5.56 Å². The van der Waals surface area contributed by atoms with E-state index >= 15 is 0 Å². The summed E-state index contributed by atoms with van der Waals surface area (Å²) in [5, 5.41) is 2.71. The van der Waals surface area contributed by atoms with Crippen molar-refractivity contribution in [1.82, 2.24) is 10.0 Å². The SMILES string of the molecule is Cc1ccc(S(=O)(=O)NCCNC(=O)c2ccc(N(C)C)cc2)cc1C. The highest BCUT2D eigenvalue weighted by Gasteiger charge is 2.14. The lowest BCUT2D eigenvalue weighted by Gasteiger charge is -2.13. The number of amides is 1. The molecule has 0 radical (unpaired) electrons. The van der Waals surface area contributed by atoms with Gasteiger partial charge in [-0.3, -0.25) is 4.79 Å². The summed E-state index contributed by atoms with van der Waals surface area (Å²) in [7, 11) is 0.271. The van der Waals surface area contributed by atoms with Crippen molar-refractivity contribution in [3.8, 4) is 0 Å². The molecule has 0 bridgehead atoms. The summed E-state index contributed by atoms with van der Waals surface area (Å²) in [6, 6.07) is 12.2. The zero-order chi connectivity index (χ0) is 19.3. The van der Waals surface area contributed by atoms with Crippen molar-refractivity contribution in [3.05, 3.63) is 59.2 Å². The Morgan fingerprint density at radius 2 is 1.62 bits per heavy atom. The molecule has 2 N–H and O–H groups in total. The maximum atomic E-state index is 12.3. The highest BCUT2D eigenvalue weighted by molar-refractivity contribution is 7.89. The van der Waals surface area contributed by atoms with Gasteiger partial charge in [-0.2, -0.15) is 0 Å². The van der Waals surface area contributed by atoms with Crippen molar-refractivity contribution in [2.75, 3.05) is 32.1 Å². The van der Waals surface area contributed by atoms with Crippen molar-refractivity contribution >= 4 is 21.6 Å². The van der Waals surface area contributed by atoms with Gasteiger partial charge < -0.3 is 10.2 Å². The van der Waals surface area contributed by atoms with Gasteiger partial charge in [0.1, 0.15) is 0 Å². The van der Waals surface area contributed by atoms with Crippen LogP contribution in [0.2, 0.25) is 0 Å². The van der Waals surface area contributed by atoms with Gasteiger partial charge in [0.25, 0.3) is 5.91 Å². The Kier molecular flexibility index (Phi) is 6.39. The zero-order valence-corrected chi connectivity index (χ0v) is 16.4. The summed E-state index contributed by atoms with van der Waals surface area (Å²) >= 11 is 0. The molecule has 26 heavy (non-hydrogen) atoms. The monoisotopic (exact) mass is 375 g/mol. The molecule has 0 heterocycles. The second-order valence-corrected chi connectivity index (χ2v) is 8.11. The molecule has 0 aromatic heterocycles. The standard InChI is InChI=1S/C19H25N3O3S/c1-14-5-10-18(13-15(14)2)26(24,25)21-12-11-20-19(23)16-6-8-17(9-7-16)22(3)4/h5-10,13,21H,11-12H2,1-4H3,(H,20,23). The van der Waals surface area contributed by atoms with E-state index in [2.05, 4.69) is 10.0 Å². The van der Waals surface area contributed by atoms with Gasteiger partial charge in [0.15, 0.2) is 0 Å². The minimum absolute atomic E-state index is 0.122. The Morgan fingerprint density at radius 1 is 0.962 bits per heavy atom. The van der Waals surface area contributed by atoms with E-state index in [-0.39, 0.29) is 23.9 Å². The second kappa shape index (κ2) is 8.33. The molecule has 2 aromatic rings. The third-order valence-corrected chi connectivity index (χ3v) is 5.60. The van der Waals surface area contributed by atoms with Crippen molar-refractivity contribution in [1.29, 1.82) is 0 Å². The average molecular weight is 375 g/mol. The molecule has 7 heteroatoms. The lowest BCUT2D eigenvalue weighted by Crippen LogP contribution is -2.34. The first-order valence-electron chi connectivity index (χ1n) is 8.33. The van der Waals surface area contributed by atoms with Gasteiger partial charge in [-0.25, -0.2) is 13.1 Å². The molecule has 0 atom stereocenters. The summed E-state index contributed by atoms with van der Waals surface area (Å²) < 4.78 is 27.1. The molecule has 0 spiro atoms. The number of hydrogen-bond donors (Lipinski definition) is 2. The van der Waals surface area contributed by atoms with E-state index < -0.39 is 10.0 Å². The molecule has 0 aliphatic rings. The van der Waals surface area contributed by atoms with Gasteiger partial charge in [-0.15, -0.1) is 0 Å². The van der Waals surface area contributed by atoms with Crippen LogP contribution in [0.3, 0.4) is 0 Å². The lowest BCUT2D eigenvalue weighted by atomic mass is 10.1. The molecule has 0 saturated heterocycles. The number of benzene rings is 2. The number of aryl methyl sites for hydroxylation is 2. The minimum atomic E-state index is -3.58. The number of carbonyl (C=O) groups is 1. The molecule has 0 saturated carbocycles. The quantitative estimate of drug-likeness (QED) is 0.727. The third-order valence-electron chi connectivity index (χ3n) is 4.14. The number of hydrogen-bond acceptors (Lipinski definition) is 4. The Morgan fingerprint density at radius 3 is 2.19 bits per heavy atom. The normalized spacial score (nSPS) is 11.2. The molecule has 0 aliphatic carbocycles. The van der Waals surface area contributed by atoms with Crippen LogP contribution in [0.1, 0.15) is 21.5 Å². The summed E-state index contributed by atoms with van der Waals surface area (Å²) in [5.74, 6) is -0.235. The van der Waals surface area contributed by atoms with Crippen LogP contribution in [-0.2, 0) is 10.0 Å². The summed E-state index contributed by atoms with van der Waals surface area (Å²) in [6.45, 7) is 4.13. The minimum Gasteiger partial charge on any atom is -0.378 e. The molecule has 6 nitrogen and oxygen atoms in total. The van der Waals surface area contributed by atoms with E-state index in [1.165, 1.54) is 0 Å². The average Bonchev–Trinajstić information content (AvgIpc) is 2.60. The smallest absolute Gasteiger partial charge is 0.251 e. The van der Waals surface area contributed by atoms with Gasteiger partial charge in [0, 0.05) is 38.4 Å². The zero-order valence-electron chi connectivity index (χ0n) is 15.5. The molecule has 0 fully saturated rings. The van der Waals surface area contributed by atoms with Gasteiger partial charge >= 0.3 is 0 Å². The molecular weight excluding hydrogens is 350 g/mol. The largest absolute Gasteiger partial charge is 0.378 e. The Labute approximate surface area is 155 Å². The molecule has 140 valence electrons. The number of rotatable bonds is 7. The molecule has 0 aliphatic heterocycles. The first kappa shape index (κ1) is 19.9. The van der Waals surface area contributed by atoms with E-state index in [1.807, 2.05) is 45.0 Å². The number of nitrogens with one attached hydrogen (secondary N) is 2. The van der Waals surface area contributed by atoms with E-state index in [9.17, 15) is 13.2 Å². The molecule has 1 amide bonds. The number of nitrogens with zero attached hydrogens (tertiary/aromatic N) is 1. The van der Waals surface area contributed by atoms with Crippen molar-refractivity contribution in [2.45, 2.75) is 18.7 Å². The summed E-state index contributed by atoms with van der Waals surface area (Å²) in [5.41, 5.74) is 3.49. The second-order valence-electron chi connectivity index (χ2n) is 6.34. The van der Waals surface area contributed by atoms with E-state index in [1.54, 1.807) is 30.3 Å². The van der Waals surface area contributed by atoms with Crippen molar-refractivity contribution in [2.24, 2.45) is 0 Å². The van der Waals surface area contributed by atoms with Crippen LogP contribution in [0.15, 0.2) is 47.4 Å². The number of carbonyl (C=O) groups excluding carboxylic acids is 1. The van der Waals surface area contributed by atoms with Crippen LogP contribution in [0.25, 0.3) is 0 Å². The fourth-order valence-electron chi connectivity index (χ4n) is 2.34. The van der Waals surface area contributed by atoms with Gasteiger partial charge in [-0.1, -0.05) is 6.07 Å². The Balaban J connectivity index is 1.87. The van der Waals surface area contributed by atoms with Crippen molar-refractivity contribution in [3.63, 3.8) is 0 Å². The van der Waals surface area contributed by atoms with Gasteiger partial charge in [0.2, 0.25) is 10.0 Å². The highest BCUT2D eigenvalue weighted by Crippen LogP contribution is 2.14. The first-order chi connectivity index (χ1) is 12.2. The predicted molar refractivity (Wildman–Crippen MR) is 104 cm³/mol. The fraction of sp³-hybridized carbons (Fsp3) is 0.316. The van der Waals surface area contributed by atoms with Gasteiger partial charge in [-0.05, 0) is 61.4 Å². The molecule has 2 aromatic carbocycles.